The van der Waals surface area contributed by atoms with E-state index in [9.17, 15) is 14.7 Å². The fourth-order valence-corrected chi connectivity index (χ4v) is 1.47. The van der Waals surface area contributed by atoms with Gasteiger partial charge in [-0.3, -0.25) is 4.68 Å². The molecule has 2 N–H and O–H groups in total. The highest BCUT2D eigenvalue weighted by Crippen LogP contribution is 2.18. The molecule has 2 rings (SSSR count). The van der Waals surface area contributed by atoms with E-state index in [-0.39, 0.29) is 22.9 Å². The molecular formula is C12H10N2O5. The Morgan fingerprint density at radius 2 is 2.05 bits per heavy atom. The van der Waals surface area contributed by atoms with Crippen LogP contribution in [0.5, 0.6) is 11.5 Å². The summed E-state index contributed by atoms with van der Waals surface area (Å²) in [5, 5.41) is 21.8. The minimum atomic E-state index is -1.19. The number of benzene rings is 1. The molecule has 0 aliphatic rings. The number of carbonyl (C=O) groups excluding carboxylic acids is 1. The minimum Gasteiger partial charge on any atom is -0.508 e. The first-order valence-corrected chi connectivity index (χ1v) is 5.26. The largest absolute Gasteiger partial charge is 0.508 e. The van der Waals surface area contributed by atoms with Crippen molar-refractivity contribution < 1.29 is 24.5 Å². The number of hydrogen-bond donors (Lipinski definition) is 2. The smallest absolute Gasteiger partial charge is 0.364 e. The molecule has 1 aromatic carbocycles. The number of nitrogens with zero attached hydrogens (tertiary/aromatic N) is 2. The number of aromatic hydroxyl groups is 1. The molecule has 7 nitrogen and oxygen atoms in total. The summed E-state index contributed by atoms with van der Waals surface area (Å²) < 4.78 is 6.03. The van der Waals surface area contributed by atoms with Crippen molar-refractivity contribution in [3.63, 3.8) is 0 Å². The normalized spacial score (nSPS) is 10.2. The number of aromatic nitrogens is 2. The lowest BCUT2D eigenvalue weighted by Crippen LogP contribution is -2.09. The van der Waals surface area contributed by atoms with E-state index in [1.54, 1.807) is 0 Å². The van der Waals surface area contributed by atoms with Crippen LogP contribution >= 0.6 is 0 Å². The molecule has 7 heteroatoms. The van der Waals surface area contributed by atoms with E-state index in [0.29, 0.717) is 0 Å². The van der Waals surface area contributed by atoms with Crippen LogP contribution in [0.25, 0.3) is 0 Å². The number of carboxylic acid groups (broad SMARTS) is 1. The predicted octanol–water partition coefficient (Wildman–Crippen LogP) is 1.04. The first-order chi connectivity index (χ1) is 8.97. The molecular weight excluding hydrogens is 252 g/mol. The number of phenolic OH excluding ortho intramolecular Hbond substituents is 1. The topological polar surface area (TPSA) is 102 Å². The molecule has 2 aromatic rings. The molecule has 0 spiro atoms. The number of aryl methyl sites for hydroxylation is 1. The summed E-state index contributed by atoms with van der Waals surface area (Å²) in [5.74, 6) is -1.88. The van der Waals surface area contributed by atoms with Crippen LogP contribution < -0.4 is 4.74 Å². The molecule has 0 atom stereocenters. The van der Waals surface area contributed by atoms with E-state index in [0.717, 1.165) is 10.7 Å². The Hall–Kier alpha value is -2.83. The summed E-state index contributed by atoms with van der Waals surface area (Å²) in [6, 6.07) is 6.81. The van der Waals surface area contributed by atoms with Gasteiger partial charge in [0.1, 0.15) is 17.2 Å². The second-order valence-corrected chi connectivity index (χ2v) is 3.73. The first kappa shape index (κ1) is 12.6. The Morgan fingerprint density at radius 3 is 2.63 bits per heavy atom. The molecule has 0 aliphatic carbocycles. The maximum Gasteiger partial charge on any atom is 0.364 e. The second-order valence-electron chi connectivity index (χ2n) is 3.73. The zero-order chi connectivity index (χ0) is 14.0. The fourth-order valence-electron chi connectivity index (χ4n) is 1.47. The summed E-state index contributed by atoms with van der Waals surface area (Å²) in [5.41, 5.74) is -0.244. The molecule has 0 saturated heterocycles. The summed E-state index contributed by atoms with van der Waals surface area (Å²) in [4.78, 5) is 22.6. The summed E-state index contributed by atoms with van der Waals surface area (Å²) >= 11 is 0. The number of ether oxygens (including phenoxy) is 1. The zero-order valence-corrected chi connectivity index (χ0v) is 9.90. The highest BCUT2D eigenvalue weighted by Gasteiger charge is 2.18. The third-order valence-corrected chi connectivity index (χ3v) is 2.34. The molecule has 1 heterocycles. The summed E-state index contributed by atoms with van der Waals surface area (Å²) in [7, 11) is 1.41. The van der Waals surface area contributed by atoms with Crippen LogP contribution in [-0.4, -0.2) is 31.9 Å². The van der Waals surface area contributed by atoms with Gasteiger partial charge in [0.05, 0.1) is 0 Å². The van der Waals surface area contributed by atoms with Gasteiger partial charge in [-0.25, -0.2) is 9.59 Å². The summed E-state index contributed by atoms with van der Waals surface area (Å²) in [6.07, 6.45) is 0. The zero-order valence-electron chi connectivity index (χ0n) is 9.90. The van der Waals surface area contributed by atoms with Crippen molar-refractivity contribution >= 4 is 11.9 Å². The third kappa shape index (κ3) is 2.71. The lowest BCUT2D eigenvalue weighted by molar-refractivity contribution is 0.0683. The lowest BCUT2D eigenvalue weighted by Gasteiger charge is -2.01. The predicted molar refractivity (Wildman–Crippen MR) is 63.2 cm³/mol. The van der Waals surface area contributed by atoms with Gasteiger partial charge in [0.25, 0.3) is 0 Å². The monoisotopic (exact) mass is 262 g/mol. The molecule has 0 saturated carbocycles. The maximum atomic E-state index is 11.7. The summed E-state index contributed by atoms with van der Waals surface area (Å²) in [6.45, 7) is 0. The maximum absolute atomic E-state index is 11.7. The highest BCUT2D eigenvalue weighted by molar-refractivity contribution is 5.93. The number of carboxylic acids is 1. The van der Waals surface area contributed by atoms with Gasteiger partial charge >= 0.3 is 11.9 Å². The standard InChI is InChI=1S/C12H10N2O5/c1-14-10(11(16)17)6-9(13-14)12(18)19-8-4-2-3-7(15)5-8/h2-6,15H,1H3,(H,16,17). The molecule has 0 bridgehead atoms. The molecule has 98 valence electrons. The molecule has 19 heavy (non-hydrogen) atoms. The SMILES string of the molecule is Cn1nc(C(=O)Oc2cccc(O)c2)cc1C(=O)O. The van der Waals surface area contributed by atoms with Crippen LogP contribution in [0.4, 0.5) is 0 Å². The second kappa shape index (κ2) is 4.81. The van der Waals surface area contributed by atoms with Crippen molar-refractivity contribution in [1.82, 2.24) is 9.78 Å². The van der Waals surface area contributed by atoms with E-state index >= 15 is 0 Å². The quantitative estimate of drug-likeness (QED) is 0.633. The highest BCUT2D eigenvalue weighted by atomic mass is 16.5. The van der Waals surface area contributed by atoms with Crippen LogP contribution in [0.1, 0.15) is 21.0 Å². The van der Waals surface area contributed by atoms with Gasteiger partial charge in [-0.2, -0.15) is 5.10 Å². The van der Waals surface area contributed by atoms with Gasteiger partial charge in [0.2, 0.25) is 0 Å². The average Bonchev–Trinajstić information content (AvgIpc) is 2.71. The fraction of sp³-hybridized carbons (Fsp3) is 0.0833. The van der Waals surface area contributed by atoms with Crippen molar-refractivity contribution in [3.05, 3.63) is 41.7 Å². The molecule has 1 aromatic heterocycles. The number of carbonyl (C=O) groups is 2. The van der Waals surface area contributed by atoms with Crippen molar-refractivity contribution in [2.45, 2.75) is 0 Å². The Bertz CT molecular complexity index is 647. The molecule has 0 fully saturated rings. The Labute approximate surface area is 107 Å². The van der Waals surface area contributed by atoms with Gasteiger partial charge < -0.3 is 14.9 Å². The van der Waals surface area contributed by atoms with Crippen molar-refractivity contribution in [1.29, 1.82) is 0 Å². The molecule has 0 amide bonds. The van der Waals surface area contributed by atoms with Gasteiger partial charge in [-0.05, 0) is 12.1 Å². The molecule has 0 unspecified atom stereocenters. The van der Waals surface area contributed by atoms with E-state index in [2.05, 4.69) is 5.10 Å². The van der Waals surface area contributed by atoms with E-state index in [1.807, 2.05) is 0 Å². The average molecular weight is 262 g/mol. The van der Waals surface area contributed by atoms with Crippen LogP contribution in [-0.2, 0) is 7.05 Å². The Morgan fingerprint density at radius 1 is 1.32 bits per heavy atom. The van der Waals surface area contributed by atoms with Gasteiger partial charge in [-0.1, -0.05) is 6.07 Å². The minimum absolute atomic E-state index is 0.0439. The number of aromatic carboxylic acids is 1. The third-order valence-electron chi connectivity index (χ3n) is 2.34. The van der Waals surface area contributed by atoms with Crippen LogP contribution in [0, 0.1) is 0 Å². The van der Waals surface area contributed by atoms with Crippen molar-refractivity contribution in [2.24, 2.45) is 7.05 Å². The van der Waals surface area contributed by atoms with Crippen LogP contribution in [0.15, 0.2) is 30.3 Å². The van der Waals surface area contributed by atoms with Gasteiger partial charge in [0, 0.05) is 19.2 Å². The van der Waals surface area contributed by atoms with Crippen molar-refractivity contribution in [3.8, 4) is 11.5 Å². The van der Waals surface area contributed by atoms with Gasteiger partial charge in [0.15, 0.2) is 5.69 Å². The lowest BCUT2D eigenvalue weighted by atomic mass is 10.3. The Balaban J connectivity index is 2.21. The van der Waals surface area contributed by atoms with E-state index in [1.165, 1.54) is 31.3 Å². The van der Waals surface area contributed by atoms with Gasteiger partial charge in [-0.15, -0.1) is 0 Å². The number of esters is 1. The Kier molecular flexibility index (Phi) is 3.19. The van der Waals surface area contributed by atoms with Crippen molar-refractivity contribution in [2.75, 3.05) is 0 Å². The number of phenols is 1. The van der Waals surface area contributed by atoms with Crippen LogP contribution in [0.3, 0.4) is 0 Å². The van der Waals surface area contributed by atoms with Crippen LogP contribution in [0.2, 0.25) is 0 Å². The number of hydrogen-bond acceptors (Lipinski definition) is 5. The number of rotatable bonds is 3. The molecule has 0 radical (unpaired) electrons. The molecule has 0 aliphatic heterocycles. The van der Waals surface area contributed by atoms with E-state index < -0.39 is 11.9 Å². The first-order valence-electron chi connectivity index (χ1n) is 5.26. The van der Waals surface area contributed by atoms with E-state index in [4.69, 9.17) is 9.84 Å².